The highest BCUT2D eigenvalue weighted by molar-refractivity contribution is 7.39. The van der Waals surface area contributed by atoms with Crippen LogP contribution in [-0.4, -0.2) is 78.4 Å². The van der Waals surface area contributed by atoms with E-state index in [-0.39, 0.29) is 51.3 Å². The van der Waals surface area contributed by atoms with Gasteiger partial charge >= 0.3 is 27.0 Å². The molecule has 0 fully saturated rings. The van der Waals surface area contributed by atoms with Gasteiger partial charge in [-0.25, -0.2) is 28.4 Å². The van der Waals surface area contributed by atoms with E-state index in [1.807, 2.05) is 0 Å². The lowest BCUT2D eigenvalue weighted by atomic mass is 10.1. The van der Waals surface area contributed by atoms with Crippen LogP contribution in [-0.2, 0) is 20.8 Å². The number of imidazole rings is 1. The highest BCUT2D eigenvalue weighted by Gasteiger charge is 2.32. The zero-order valence-corrected chi connectivity index (χ0v) is 29.4. The zero-order chi connectivity index (χ0) is 40.0. The highest BCUT2D eigenvalue weighted by atomic mass is 31.2. The van der Waals surface area contributed by atoms with Crippen molar-refractivity contribution in [2.24, 2.45) is 0 Å². The molecule has 17 nitrogen and oxygen atoms in total. The predicted molar refractivity (Wildman–Crippen MR) is 180 cm³/mol. The fourth-order valence-electron chi connectivity index (χ4n) is 4.82. The largest absolute Gasteiger partial charge is 0.573 e. The predicted octanol–water partition coefficient (Wildman–Crippen LogP) is 5.29. The molecule has 0 aliphatic carbocycles. The van der Waals surface area contributed by atoms with Gasteiger partial charge in [0.2, 0.25) is 12.7 Å². The Hall–Kier alpha value is -6.44. The molecular formula is C33H27F4N6O11P. The Kier molecular flexibility index (Phi) is 12.1. The van der Waals surface area contributed by atoms with Crippen LogP contribution in [0.15, 0.2) is 67.0 Å². The zero-order valence-electron chi connectivity index (χ0n) is 28.5. The average molecular weight is 791 g/mol. The minimum absolute atomic E-state index is 0.0700. The summed E-state index contributed by atoms with van der Waals surface area (Å²) in [6.07, 6.45) is -3.85. The summed E-state index contributed by atoms with van der Waals surface area (Å²) in [5.74, 6) is -4.51. The highest BCUT2D eigenvalue weighted by Crippen LogP contribution is 2.37. The lowest BCUT2D eigenvalue weighted by molar-refractivity contribution is -0.274. The number of alkyl halides is 3. The Morgan fingerprint density at radius 1 is 1.00 bits per heavy atom. The molecule has 0 bridgehead atoms. The summed E-state index contributed by atoms with van der Waals surface area (Å²) < 4.78 is 78.9. The van der Waals surface area contributed by atoms with Crippen molar-refractivity contribution in [1.82, 2.24) is 24.5 Å². The van der Waals surface area contributed by atoms with Crippen molar-refractivity contribution >= 4 is 43.9 Å². The number of carbonyl (C=O) groups excluding carboxylic acids is 4. The number of hydrogen-bond donors (Lipinski definition) is 3. The third-order valence-electron chi connectivity index (χ3n) is 7.23. The second-order valence-electron chi connectivity index (χ2n) is 11.0. The SMILES string of the molecule is COc1cc(C(=O)OCOC(=O)N(Cc2cc(OC(F)(F)F)ccc2F)C(=O)c2cc(-c3ccc4nc(NC(C)=O)cn4n3)cnc2C)ccc1OP(O)O. The number of imide groups is 1. The summed E-state index contributed by atoms with van der Waals surface area (Å²) in [6, 6.07) is 9.84. The average Bonchev–Trinajstić information content (AvgIpc) is 3.51. The molecule has 0 aliphatic heterocycles. The summed E-state index contributed by atoms with van der Waals surface area (Å²) in [5.41, 5.74) is -0.0353. The van der Waals surface area contributed by atoms with E-state index in [9.17, 15) is 36.7 Å². The van der Waals surface area contributed by atoms with Crippen molar-refractivity contribution in [3.63, 3.8) is 0 Å². The molecule has 2 aromatic carbocycles. The monoisotopic (exact) mass is 790 g/mol. The number of fused-ring (bicyclic) bond motifs is 1. The van der Waals surface area contributed by atoms with E-state index in [2.05, 4.69) is 25.1 Å². The van der Waals surface area contributed by atoms with Gasteiger partial charge in [0.1, 0.15) is 11.6 Å². The molecule has 3 amide bonds. The Morgan fingerprint density at radius 3 is 2.45 bits per heavy atom. The number of ether oxygens (including phenoxy) is 4. The van der Waals surface area contributed by atoms with E-state index in [4.69, 9.17) is 28.5 Å². The van der Waals surface area contributed by atoms with Crippen molar-refractivity contribution in [1.29, 1.82) is 0 Å². The first-order valence-corrected chi connectivity index (χ1v) is 16.5. The summed E-state index contributed by atoms with van der Waals surface area (Å²) in [5, 5.41) is 6.95. The number of nitrogens with zero attached hydrogens (tertiary/aromatic N) is 5. The first-order chi connectivity index (χ1) is 26.0. The number of nitrogens with one attached hydrogen (secondary N) is 1. The van der Waals surface area contributed by atoms with Crippen molar-refractivity contribution in [2.75, 3.05) is 19.2 Å². The maximum atomic E-state index is 15.0. The Bertz CT molecular complexity index is 2270. The van der Waals surface area contributed by atoms with E-state index in [0.717, 1.165) is 6.07 Å². The number of carbonyl (C=O) groups is 4. The van der Waals surface area contributed by atoms with Gasteiger partial charge in [-0.1, -0.05) is 0 Å². The molecule has 3 heterocycles. The number of aromatic nitrogens is 4. The molecule has 3 aromatic heterocycles. The van der Waals surface area contributed by atoms with Crippen LogP contribution in [0.5, 0.6) is 17.2 Å². The van der Waals surface area contributed by atoms with Gasteiger partial charge in [-0.3, -0.25) is 14.6 Å². The van der Waals surface area contributed by atoms with Crippen LogP contribution in [0.1, 0.15) is 38.9 Å². The fraction of sp³-hybridized carbons (Fsp3) is 0.182. The maximum Gasteiger partial charge on any atom is 0.573 e. The van der Waals surface area contributed by atoms with Crippen LogP contribution in [0, 0.1) is 12.7 Å². The lowest BCUT2D eigenvalue weighted by Crippen LogP contribution is -2.38. The summed E-state index contributed by atoms with van der Waals surface area (Å²) >= 11 is 0. The van der Waals surface area contributed by atoms with Crippen molar-refractivity contribution < 1.29 is 70.0 Å². The minimum atomic E-state index is -5.14. The third kappa shape index (κ3) is 10.2. The second kappa shape index (κ2) is 16.7. The Morgan fingerprint density at radius 2 is 1.76 bits per heavy atom. The molecule has 0 saturated carbocycles. The van der Waals surface area contributed by atoms with Crippen LogP contribution in [0.25, 0.3) is 16.9 Å². The molecule has 0 spiro atoms. The van der Waals surface area contributed by atoms with Gasteiger partial charge in [0.15, 0.2) is 23.0 Å². The van der Waals surface area contributed by atoms with Gasteiger partial charge in [0.05, 0.1) is 42.4 Å². The quantitative estimate of drug-likeness (QED) is 0.0635. The number of amides is 3. The van der Waals surface area contributed by atoms with E-state index in [1.54, 1.807) is 6.07 Å². The topological polar surface area (TPSA) is 213 Å². The van der Waals surface area contributed by atoms with E-state index in [1.165, 1.54) is 62.1 Å². The van der Waals surface area contributed by atoms with E-state index >= 15 is 0 Å². The molecule has 0 aliphatic rings. The van der Waals surface area contributed by atoms with Crippen LogP contribution in [0.2, 0.25) is 0 Å². The molecule has 3 N–H and O–H groups in total. The second-order valence-corrected chi connectivity index (χ2v) is 11.7. The lowest BCUT2D eigenvalue weighted by Gasteiger charge is -2.22. The normalized spacial score (nSPS) is 11.2. The fourth-order valence-corrected chi connectivity index (χ4v) is 5.15. The Labute approximate surface area is 308 Å². The van der Waals surface area contributed by atoms with Gasteiger partial charge in [-0.2, -0.15) is 5.10 Å². The van der Waals surface area contributed by atoms with E-state index < -0.39 is 63.4 Å². The number of methoxy groups -OCH3 is 1. The molecule has 288 valence electrons. The van der Waals surface area contributed by atoms with Crippen molar-refractivity contribution in [3.05, 3.63) is 95.2 Å². The molecule has 5 aromatic rings. The molecular weight excluding hydrogens is 763 g/mol. The third-order valence-corrected chi connectivity index (χ3v) is 7.59. The molecule has 0 unspecified atom stereocenters. The molecule has 5 rings (SSSR count). The molecule has 0 radical (unpaired) electrons. The maximum absolute atomic E-state index is 15.0. The van der Waals surface area contributed by atoms with Crippen molar-refractivity contribution in [3.8, 4) is 28.5 Å². The smallest absolute Gasteiger partial charge is 0.493 e. The number of aryl methyl sites for hydroxylation is 1. The number of rotatable bonds is 12. The van der Waals surface area contributed by atoms with Gasteiger partial charge < -0.3 is 38.6 Å². The van der Waals surface area contributed by atoms with Crippen LogP contribution >= 0.6 is 8.60 Å². The van der Waals surface area contributed by atoms with Crippen molar-refractivity contribution in [2.45, 2.75) is 26.8 Å². The van der Waals surface area contributed by atoms with Crippen LogP contribution in [0.4, 0.5) is 28.2 Å². The van der Waals surface area contributed by atoms with E-state index in [0.29, 0.717) is 28.7 Å². The van der Waals surface area contributed by atoms with Crippen LogP contribution < -0.4 is 19.3 Å². The van der Waals surface area contributed by atoms with Crippen LogP contribution in [0.3, 0.4) is 0 Å². The molecule has 55 heavy (non-hydrogen) atoms. The molecule has 0 saturated heterocycles. The summed E-state index contributed by atoms with van der Waals surface area (Å²) in [4.78, 5) is 78.7. The van der Waals surface area contributed by atoms with Gasteiger partial charge in [-0.15, -0.1) is 13.2 Å². The number of pyridine rings is 1. The van der Waals surface area contributed by atoms with Gasteiger partial charge in [0.25, 0.3) is 5.91 Å². The number of halogens is 4. The minimum Gasteiger partial charge on any atom is -0.493 e. The standard InChI is InChI=1S/C33H27F4N6O11P/c1-17-23(11-20(13-38-17)25-7-9-29-40-28(39-18(2)44)15-43(29)41-25)30(45)42(14-21-10-22(5-6-24(21)34)53-33(35,36)37)32(47)52-16-51-31(46)19-4-8-26(54-55(48)49)27(12-19)50-3/h4-13,15,48-49H,14,16H2,1-3H3,(H,39,44). The Balaban J connectivity index is 1.42. The van der Waals surface area contributed by atoms with Gasteiger partial charge in [0, 0.05) is 24.2 Å². The molecule has 0 atom stereocenters. The summed E-state index contributed by atoms with van der Waals surface area (Å²) in [7, 11) is -1.60. The number of anilines is 1. The molecule has 22 heteroatoms. The first kappa shape index (κ1) is 39.8. The first-order valence-electron chi connectivity index (χ1n) is 15.4. The van der Waals surface area contributed by atoms with Gasteiger partial charge in [-0.05, 0) is 61.5 Å². The number of esters is 1. The number of benzene rings is 2. The number of hydrogen-bond acceptors (Lipinski definition) is 14. The summed E-state index contributed by atoms with van der Waals surface area (Å²) in [6.45, 7) is 0.625.